The summed E-state index contributed by atoms with van der Waals surface area (Å²) >= 11 is 0. The first kappa shape index (κ1) is 9.34. The molecule has 0 aromatic heterocycles. The molecule has 2 N–H and O–H groups in total. The van der Waals surface area contributed by atoms with Crippen LogP contribution >= 0.6 is 0 Å². The van der Waals surface area contributed by atoms with E-state index in [1.165, 1.54) is 0 Å². The number of nitrogens with two attached hydrogens (primary N) is 1. The molecule has 0 saturated heterocycles. The van der Waals surface area contributed by atoms with E-state index in [2.05, 4.69) is 11.0 Å². The minimum atomic E-state index is 0.124. The van der Waals surface area contributed by atoms with Crippen molar-refractivity contribution >= 4 is 5.69 Å². The molecule has 0 saturated carbocycles. The van der Waals surface area contributed by atoms with E-state index < -0.39 is 0 Å². The summed E-state index contributed by atoms with van der Waals surface area (Å²) in [4.78, 5) is 2.05. The molecule has 1 aromatic carbocycles. The molecule has 3 heteroatoms. The molecule has 1 aromatic rings. The van der Waals surface area contributed by atoms with Gasteiger partial charge in [0.2, 0.25) is 0 Å². The highest BCUT2D eigenvalue weighted by Gasteiger charge is 2.20. The van der Waals surface area contributed by atoms with Gasteiger partial charge in [-0.25, -0.2) is 0 Å². The van der Waals surface area contributed by atoms with Gasteiger partial charge < -0.3 is 15.4 Å². The van der Waals surface area contributed by atoms with Crippen LogP contribution in [0.2, 0.25) is 0 Å². The van der Waals surface area contributed by atoms with Crippen LogP contribution in [0.1, 0.15) is 18.0 Å². The number of para-hydroxylation sites is 1. The van der Waals surface area contributed by atoms with Gasteiger partial charge in [-0.1, -0.05) is 12.1 Å². The standard InChI is InChI=1S/C11H16N2O/c1-13(2)10-5-3-4-8-9(12)6-7-14-11(8)10/h3-5,9H,6-7,12H2,1-2H3. The Kier molecular flexibility index (Phi) is 2.33. The van der Waals surface area contributed by atoms with Crippen molar-refractivity contribution in [2.24, 2.45) is 5.73 Å². The summed E-state index contributed by atoms with van der Waals surface area (Å²) in [5, 5.41) is 0. The maximum atomic E-state index is 6.02. The Labute approximate surface area is 84.5 Å². The summed E-state index contributed by atoms with van der Waals surface area (Å²) in [5.74, 6) is 0.955. The van der Waals surface area contributed by atoms with Gasteiger partial charge >= 0.3 is 0 Å². The zero-order valence-corrected chi connectivity index (χ0v) is 8.66. The number of hydrogen-bond acceptors (Lipinski definition) is 3. The molecule has 0 fully saturated rings. The Bertz CT molecular complexity index is 322. The summed E-state index contributed by atoms with van der Waals surface area (Å²) in [6, 6.07) is 6.25. The fourth-order valence-electron chi connectivity index (χ4n) is 1.79. The molecule has 0 bridgehead atoms. The van der Waals surface area contributed by atoms with E-state index >= 15 is 0 Å². The third-order valence-electron chi connectivity index (χ3n) is 2.58. The molecule has 1 aliphatic heterocycles. The van der Waals surface area contributed by atoms with Crippen LogP contribution < -0.4 is 15.4 Å². The topological polar surface area (TPSA) is 38.5 Å². The first-order valence-corrected chi connectivity index (χ1v) is 4.89. The Morgan fingerprint density at radius 1 is 1.43 bits per heavy atom. The molecule has 1 aliphatic rings. The van der Waals surface area contributed by atoms with Gasteiger partial charge in [-0.2, -0.15) is 0 Å². The average Bonchev–Trinajstić information content (AvgIpc) is 2.17. The Morgan fingerprint density at radius 3 is 2.93 bits per heavy atom. The monoisotopic (exact) mass is 192 g/mol. The zero-order valence-electron chi connectivity index (χ0n) is 8.66. The molecule has 0 aliphatic carbocycles. The Balaban J connectivity index is 2.49. The van der Waals surface area contributed by atoms with Crippen molar-refractivity contribution in [2.75, 3.05) is 25.6 Å². The van der Waals surface area contributed by atoms with Gasteiger partial charge in [0.15, 0.2) is 0 Å². The summed E-state index contributed by atoms with van der Waals surface area (Å²) in [6.07, 6.45) is 0.907. The van der Waals surface area contributed by atoms with Crippen molar-refractivity contribution in [3.05, 3.63) is 23.8 Å². The molecular weight excluding hydrogens is 176 g/mol. The second kappa shape index (κ2) is 3.50. The Hall–Kier alpha value is -1.22. The maximum absolute atomic E-state index is 6.02. The van der Waals surface area contributed by atoms with Crippen LogP contribution in [0, 0.1) is 0 Å². The molecule has 76 valence electrons. The van der Waals surface area contributed by atoms with Gasteiger partial charge in [0.05, 0.1) is 12.3 Å². The highest BCUT2D eigenvalue weighted by Crippen LogP contribution is 2.37. The number of anilines is 1. The highest BCUT2D eigenvalue weighted by atomic mass is 16.5. The second-order valence-corrected chi connectivity index (χ2v) is 3.83. The van der Waals surface area contributed by atoms with E-state index in [9.17, 15) is 0 Å². The lowest BCUT2D eigenvalue weighted by atomic mass is 10.0. The van der Waals surface area contributed by atoms with Crippen molar-refractivity contribution in [3.63, 3.8) is 0 Å². The summed E-state index contributed by atoms with van der Waals surface area (Å²) in [7, 11) is 4.03. The fourth-order valence-corrected chi connectivity index (χ4v) is 1.79. The van der Waals surface area contributed by atoms with E-state index in [1.54, 1.807) is 0 Å². The van der Waals surface area contributed by atoms with Gasteiger partial charge in [0.25, 0.3) is 0 Å². The SMILES string of the molecule is CN(C)c1cccc2c1OCCC2N. The van der Waals surface area contributed by atoms with Crippen molar-refractivity contribution in [2.45, 2.75) is 12.5 Å². The predicted octanol–water partition coefficient (Wildman–Crippen LogP) is 1.53. The Morgan fingerprint density at radius 2 is 2.21 bits per heavy atom. The number of fused-ring (bicyclic) bond motifs is 1. The molecule has 1 atom stereocenters. The number of hydrogen-bond donors (Lipinski definition) is 1. The number of nitrogens with zero attached hydrogens (tertiary/aromatic N) is 1. The predicted molar refractivity (Wildman–Crippen MR) is 57.8 cm³/mol. The number of benzene rings is 1. The lowest BCUT2D eigenvalue weighted by molar-refractivity contribution is 0.270. The van der Waals surface area contributed by atoms with Gasteiger partial charge in [0.1, 0.15) is 5.75 Å². The summed E-state index contributed by atoms with van der Waals surface area (Å²) in [5.41, 5.74) is 8.25. The van der Waals surface area contributed by atoms with Crippen LogP contribution in [-0.4, -0.2) is 20.7 Å². The molecule has 0 spiro atoms. The van der Waals surface area contributed by atoms with E-state index in [1.807, 2.05) is 26.2 Å². The molecule has 1 unspecified atom stereocenters. The first-order valence-electron chi connectivity index (χ1n) is 4.89. The smallest absolute Gasteiger partial charge is 0.147 e. The highest BCUT2D eigenvalue weighted by molar-refractivity contribution is 5.62. The molecule has 1 heterocycles. The van der Waals surface area contributed by atoms with Gasteiger partial charge in [-0.15, -0.1) is 0 Å². The normalized spacial score (nSPS) is 19.8. The number of rotatable bonds is 1. The molecule has 14 heavy (non-hydrogen) atoms. The minimum Gasteiger partial charge on any atom is -0.491 e. The number of ether oxygens (including phenoxy) is 1. The van der Waals surface area contributed by atoms with E-state index in [4.69, 9.17) is 10.5 Å². The lowest BCUT2D eigenvalue weighted by Gasteiger charge is -2.27. The lowest BCUT2D eigenvalue weighted by Crippen LogP contribution is -2.22. The van der Waals surface area contributed by atoms with Crippen molar-refractivity contribution < 1.29 is 4.74 Å². The minimum absolute atomic E-state index is 0.124. The second-order valence-electron chi connectivity index (χ2n) is 3.83. The van der Waals surface area contributed by atoms with Gasteiger partial charge in [-0.05, 0) is 6.07 Å². The van der Waals surface area contributed by atoms with Gasteiger partial charge in [-0.3, -0.25) is 0 Å². The van der Waals surface area contributed by atoms with E-state index in [0.29, 0.717) is 0 Å². The molecule has 0 radical (unpaired) electrons. The quantitative estimate of drug-likeness (QED) is 0.733. The van der Waals surface area contributed by atoms with Crippen LogP contribution in [0.4, 0.5) is 5.69 Å². The van der Waals surface area contributed by atoms with Crippen molar-refractivity contribution in [1.29, 1.82) is 0 Å². The average molecular weight is 192 g/mol. The largest absolute Gasteiger partial charge is 0.491 e. The van der Waals surface area contributed by atoms with Crippen LogP contribution in [0.3, 0.4) is 0 Å². The first-order chi connectivity index (χ1) is 6.70. The van der Waals surface area contributed by atoms with Gasteiger partial charge in [0, 0.05) is 32.1 Å². The molecule has 3 nitrogen and oxygen atoms in total. The maximum Gasteiger partial charge on any atom is 0.147 e. The third kappa shape index (κ3) is 1.44. The van der Waals surface area contributed by atoms with Crippen molar-refractivity contribution in [1.82, 2.24) is 0 Å². The van der Waals surface area contributed by atoms with Crippen LogP contribution in [0.25, 0.3) is 0 Å². The zero-order chi connectivity index (χ0) is 10.1. The summed E-state index contributed by atoms with van der Waals surface area (Å²) in [6.45, 7) is 0.721. The molecule has 0 amide bonds. The van der Waals surface area contributed by atoms with Crippen molar-refractivity contribution in [3.8, 4) is 5.75 Å². The van der Waals surface area contributed by atoms with Crippen LogP contribution in [-0.2, 0) is 0 Å². The summed E-state index contributed by atoms with van der Waals surface area (Å²) < 4.78 is 5.66. The van der Waals surface area contributed by atoms with E-state index in [-0.39, 0.29) is 6.04 Å². The third-order valence-corrected chi connectivity index (χ3v) is 2.58. The molecular formula is C11H16N2O. The van der Waals surface area contributed by atoms with Crippen LogP contribution in [0.5, 0.6) is 5.75 Å². The van der Waals surface area contributed by atoms with E-state index in [0.717, 1.165) is 30.0 Å². The van der Waals surface area contributed by atoms with Crippen LogP contribution in [0.15, 0.2) is 18.2 Å². The fraction of sp³-hybridized carbons (Fsp3) is 0.455. The molecule has 2 rings (SSSR count).